The Kier molecular flexibility index (Phi) is 4.01. The first-order valence-corrected chi connectivity index (χ1v) is 10.2. The highest BCUT2D eigenvalue weighted by molar-refractivity contribution is 5.70. The second kappa shape index (κ2) is 5.77. The first kappa shape index (κ1) is 16.0. The Bertz CT molecular complexity index is 472. The Labute approximate surface area is 141 Å². The van der Waals surface area contributed by atoms with Crippen LogP contribution in [0.25, 0.3) is 0 Å². The summed E-state index contributed by atoms with van der Waals surface area (Å²) in [6.45, 7) is 4.58. The summed E-state index contributed by atoms with van der Waals surface area (Å²) in [5.41, 5.74) is 0.614. The van der Waals surface area contributed by atoms with Gasteiger partial charge in [0.15, 0.2) is 0 Å². The molecule has 4 rings (SSSR count). The van der Waals surface area contributed by atoms with E-state index in [0.717, 1.165) is 23.7 Å². The minimum atomic E-state index is -0.569. The third-order valence-corrected chi connectivity index (χ3v) is 8.99. The number of carboxylic acid groups (broad SMARTS) is 1. The van der Waals surface area contributed by atoms with Crippen LogP contribution in [0.4, 0.5) is 0 Å². The molecule has 4 aliphatic rings. The van der Waals surface area contributed by atoms with Gasteiger partial charge in [-0.05, 0) is 92.3 Å². The summed E-state index contributed by atoms with van der Waals surface area (Å²) in [5.74, 6) is 4.16. The van der Waals surface area contributed by atoms with Crippen LogP contribution < -0.4 is 0 Å². The standard InChI is InChI=1S/C21H34O2/c1-13(20(22)23)15-8-9-17-16(15)10-11-19-18(17)7-6-14-5-3-4-12-21(14,19)2/h13-19H,3-12H2,1-2H3,(H,22,23)/t13-,14-,15-,16-,17-,18+,19+,21+/m1/s1. The molecule has 8 atom stereocenters. The van der Waals surface area contributed by atoms with Crippen LogP contribution in [0.3, 0.4) is 0 Å². The molecule has 1 N–H and O–H groups in total. The van der Waals surface area contributed by atoms with Gasteiger partial charge in [0.25, 0.3) is 0 Å². The van der Waals surface area contributed by atoms with Crippen LogP contribution in [0.1, 0.15) is 78.1 Å². The Morgan fingerprint density at radius 2 is 1.70 bits per heavy atom. The molecule has 130 valence electrons. The van der Waals surface area contributed by atoms with Gasteiger partial charge >= 0.3 is 5.97 Å². The smallest absolute Gasteiger partial charge is 0.306 e. The van der Waals surface area contributed by atoms with Crippen molar-refractivity contribution in [2.45, 2.75) is 78.1 Å². The second-order valence-electron chi connectivity index (χ2n) is 9.57. The van der Waals surface area contributed by atoms with Gasteiger partial charge in [0.2, 0.25) is 0 Å². The largest absolute Gasteiger partial charge is 0.481 e. The lowest BCUT2D eigenvalue weighted by Gasteiger charge is -2.58. The zero-order valence-corrected chi connectivity index (χ0v) is 15.0. The lowest BCUT2D eigenvalue weighted by Crippen LogP contribution is -2.50. The number of hydrogen-bond acceptors (Lipinski definition) is 1. The molecule has 0 amide bonds. The highest BCUT2D eigenvalue weighted by Gasteiger charge is 2.56. The van der Waals surface area contributed by atoms with Gasteiger partial charge in [0.1, 0.15) is 0 Å². The van der Waals surface area contributed by atoms with Gasteiger partial charge in [-0.3, -0.25) is 4.79 Å². The average Bonchev–Trinajstić information content (AvgIpc) is 2.97. The summed E-state index contributed by atoms with van der Waals surface area (Å²) in [5, 5.41) is 9.46. The van der Waals surface area contributed by atoms with Crippen molar-refractivity contribution in [1.82, 2.24) is 0 Å². The quantitative estimate of drug-likeness (QED) is 0.743. The van der Waals surface area contributed by atoms with Crippen molar-refractivity contribution in [3.8, 4) is 0 Å². The van der Waals surface area contributed by atoms with E-state index < -0.39 is 5.97 Å². The predicted octanol–water partition coefficient (Wildman–Crippen LogP) is 5.37. The molecule has 0 aromatic carbocycles. The van der Waals surface area contributed by atoms with E-state index in [0.29, 0.717) is 17.3 Å². The van der Waals surface area contributed by atoms with Gasteiger partial charge < -0.3 is 5.11 Å². The first-order valence-electron chi connectivity index (χ1n) is 10.2. The van der Waals surface area contributed by atoms with Crippen LogP contribution in [0.5, 0.6) is 0 Å². The molecular weight excluding hydrogens is 284 g/mol. The maximum Gasteiger partial charge on any atom is 0.306 e. The number of carbonyl (C=O) groups is 1. The van der Waals surface area contributed by atoms with Gasteiger partial charge in [0, 0.05) is 0 Å². The minimum Gasteiger partial charge on any atom is -0.481 e. The molecule has 0 saturated heterocycles. The molecular formula is C21H34O2. The number of carboxylic acids is 1. The number of rotatable bonds is 2. The molecule has 2 nitrogen and oxygen atoms in total. The van der Waals surface area contributed by atoms with Crippen molar-refractivity contribution in [3.05, 3.63) is 0 Å². The molecule has 0 unspecified atom stereocenters. The monoisotopic (exact) mass is 318 g/mol. The highest BCUT2D eigenvalue weighted by Crippen LogP contribution is 2.64. The second-order valence-corrected chi connectivity index (χ2v) is 9.57. The third kappa shape index (κ3) is 2.38. The summed E-state index contributed by atoms with van der Waals surface area (Å²) in [6.07, 6.45) is 13.9. The van der Waals surface area contributed by atoms with Crippen molar-refractivity contribution in [1.29, 1.82) is 0 Å². The topological polar surface area (TPSA) is 37.3 Å². The molecule has 0 heterocycles. The molecule has 23 heavy (non-hydrogen) atoms. The summed E-state index contributed by atoms with van der Waals surface area (Å²) in [7, 11) is 0. The predicted molar refractivity (Wildman–Crippen MR) is 92.0 cm³/mol. The van der Waals surface area contributed by atoms with Crippen molar-refractivity contribution in [2.24, 2.45) is 46.8 Å². The van der Waals surface area contributed by atoms with Crippen molar-refractivity contribution >= 4 is 5.97 Å². The van der Waals surface area contributed by atoms with E-state index in [-0.39, 0.29) is 5.92 Å². The fourth-order valence-electron chi connectivity index (χ4n) is 7.80. The van der Waals surface area contributed by atoms with Crippen molar-refractivity contribution < 1.29 is 9.90 Å². The maximum absolute atomic E-state index is 11.5. The van der Waals surface area contributed by atoms with Gasteiger partial charge in [-0.25, -0.2) is 0 Å². The van der Waals surface area contributed by atoms with E-state index in [4.69, 9.17) is 0 Å². The van der Waals surface area contributed by atoms with Crippen LogP contribution >= 0.6 is 0 Å². The van der Waals surface area contributed by atoms with Crippen LogP contribution in [-0.2, 0) is 4.79 Å². The van der Waals surface area contributed by atoms with Crippen LogP contribution in [0.2, 0.25) is 0 Å². The Morgan fingerprint density at radius 3 is 2.48 bits per heavy atom. The van der Waals surface area contributed by atoms with Crippen LogP contribution in [0, 0.1) is 46.8 Å². The molecule has 0 bridgehead atoms. The Hall–Kier alpha value is -0.530. The molecule has 4 fully saturated rings. The number of aliphatic carboxylic acids is 1. The Balaban J connectivity index is 1.55. The lowest BCUT2D eigenvalue weighted by molar-refractivity contribution is -0.144. The third-order valence-electron chi connectivity index (χ3n) is 8.99. The van der Waals surface area contributed by atoms with E-state index in [1.54, 1.807) is 0 Å². The van der Waals surface area contributed by atoms with Gasteiger partial charge in [0.05, 0.1) is 5.92 Å². The molecule has 0 aromatic heterocycles. The fraction of sp³-hybridized carbons (Fsp3) is 0.952. The lowest BCUT2D eigenvalue weighted by atomic mass is 9.47. The van der Waals surface area contributed by atoms with Crippen LogP contribution in [-0.4, -0.2) is 11.1 Å². The SMILES string of the molecule is C[C@@H](C(=O)O)[C@H]1CC[C@@H]2[C@@H]1CC[C@H]1[C@H]2CC[C@H]2CCCC[C@@]21C. The number of fused-ring (bicyclic) bond motifs is 5. The maximum atomic E-state index is 11.5. The highest BCUT2D eigenvalue weighted by atomic mass is 16.4. The van der Waals surface area contributed by atoms with E-state index in [1.165, 1.54) is 64.2 Å². The van der Waals surface area contributed by atoms with Crippen molar-refractivity contribution in [3.63, 3.8) is 0 Å². The Morgan fingerprint density at radius 1 is 0.957 bits per heavy atom. The zero-order chi connectivity index (χ0) is 16.2. The molecule has 0 aliphatic heterocycles. The van der Waals surface area contributed by atoms with Gasteiger partial charge in [-0.15, -0.1) is 0 Å². The van der Waals surface area contributed by atoms with Crippen LogP contribution in [0.15, 0.2) is 0 Å². The molecule has 0 spiro atoms. The zero-order valence-electron chi connectivity index (χ0n) is 15.0. The molecule has 4 saturated carbocycles. The fourth-order valence-corrected chi connectivity index (χ4v) is 7.80. The van der Waals surface area contributed by atoms with E-state index >= 15 is 0 Å². The van der Waals surface area contributed by atoms with Crippen molar-refractivity contribution in [2.75, 3.05) is 0 Å². The summed E-state index contributed by atoms with van der Waals surface area (Å²) >= 11 is 0. The van der Waals surface area contributed by atoms with E-state index in [2.05, 4.69) is 6.92 Å². The van der Waals surface area contributed by atoms with Gasteiger partial charge in [-0.2, -0.15) is 0 Å². The average molecular weight is 319 g/mol. The molecule has 0 radical (unpaired) electrons. The summed E-state index contributed by atoms with van der Waals surface area (Å²) in [4.78, 5) is 11.5. The minimum absolute atomic E-state index is 0.136. The molecule has 0 aromatic rings. The van der Waals surface area contributed by atoms with E-state index in [1.807, 2.05) is 6.92 Å². The molecule has 4 aliphatic carbocycles. The summed E-state index contributed by atoms with van der Waals surface area (Å²) < 4.78 is 0. The normalized spacial score (nSPS) is 50.5. The number of hydrogen-bond donors (Lipinski definition) is 1. The molecule has 2 heteroatoms. The van der Waals surface area contributed by atoms with E-state index in [9.17, 15) is 9.90 Å². The first-order chi connectivity index (χ1) is 11.0. The summed E-state index contributed by atoms with van der Waals surface area (Å²) in [6, 6.07) is 0. The van der Waals surface area contributed by atoms with Gasteiger partial charge in [-0.1, -0.05) is 26.7 Å².